The first-order valence-corrected chi connectivity index (χ1v) is 5.86. The molecule has 1 heterocycles. The minimum absolute atomic E-state index is 0.150. The zero-order valence-electron chi connectivity index (χ0n) is 11.0. The van der Waals surface area contributed by atoms with Crippen molar-refractivity contribution in [3.8, 4) is 0 Å². The quantitative estimate of drug-likeness (QED) is 0.746. The molecule has 1 aliphatic rings. The number of hydrogen-bond acceptors (Lipinski definition) is 3. The highest BCUT2D eigenvalue weighted by Gasteiger charge is 2.44. The zero-order valence-corrected chi connectivity index (χ0v) is 11.0. The largest absolute Gasteiger partial charge is 0.481 e. The number of likely N-dealkylation sites (tertiary alicyclic amines) is 1. The molecule has 5 heteroatoms. The van der Waals surface area contributed by atoms with Gasteiger partial charge in [0.15, 0.2) is 0 Å². The third-order valence-corrected chi connectivity index (χ3v) is 3.50. The molecule has 0 saturated carbocycles. The van der Waals surface area contributed by atoms with Crippen LogP contribution in [0.1, 0.15) is 34.1 Å². The molecule has 0 aromatic carbocycles. The van der Waals surface area contributed by atoms with Crippen LogP contribution >= 0.6 is 0 Å². The normalized spacial score (nSPS) is 27.0. The lowest BCUT2D eigenvalue weighted by Crippen LogP contribution is -2.50. The summed E-state index contributed by atoms with van der Waals surface area (Å²) in [5, 5.41) is 9.10. The molecule has 0 spiro atoms. The van der Waals surface area contributed by atoms with E-state index in [1.165, 1.54) is 0 Å². The molecular weight excluding hydrogens is 220 g/mol. The summed E-state index contributed by atoms with van der Waals surface area (Å²) in [6, 6.07) is -0.585. The van der Waals surface area contributed by atoms with Crippen LogP contribution in [-0.2, 0) is 9.59 Å². The van der Waals surface area contributed by atoms with E-state index in [1.54, 1.807) is 11.8 Å². The fourth-order valence-electron chi connectivity index (χ4n) is 1.89. The first kappa shape index (κ1) is 14.0. The van der Waals surface area contributed by atoms with Crippen molar-refractivity contribution in [1.29, 1.82) is 0 Å². The standard InChI is InChI=1S/C12H22N2O3/c1-11(2,3)8(13)9(15)14-6-5-12(4,7-14)10(16)17/h8H,5-7,13H2,1-4H3,(H,16,17)/t8-,12?/m1/s1. The smallest absolute Gasteiger partial charge is 0.311 e. The summed E-state index contributed by atoms with van der Waals surface area (Å²) < 4.78 is 0. The second-order valence-corrected chi connectivity index (χ2v) is 6.22. The topological polar surface area (TPSA) is 83.6 Å². The molecule has 1 aliphatic heterocycles. The van der Waals surface area contributed by atoms with Gasteiger partial charge < -0.3 is 15.7 Å². The Bertz CT molecular complexity index is 335. The van der Waals surface area contributed by atoms with Gasteiger partial charge in [-0.3, -0.25) is 9.59 Å². The Morgan fingerprint density at radius 3 is 2.29 bits per heavy atom. The van der Waals surface area contributed by atoms with E-state index in [4.69, 9.17) is 10.8 Å². The third kappa shape index (κ3) is 2.77. The van der Waals surface area contributed by atoms with Gasteiger partial charge in [-0.1, -0.05) is 20.8 Å². The summed E-state index contributed by atoms with van der Waals surface area (Å²) in [5.74, 6) is -1.00. The molecule has 98 valence electrons. The molecule has 1 amide bonds. The zero-order chi connectivity index (χ0) is 13.4. The van der Waals surface area contributed by atoms with Crippen LogP contribution in [0.4, 0.5) is 0 Å². The fourth-order valence-corrected chi connectivity index (χ4v) is 1.89. The van der Waals surface area contributed by atoms with Crippen LogP contribution < -0.4 is 5.73 Å². The molecule has 0 bridgehead atoms. The molecule has 0 aliphatic carbocycles. The SMILES string of the molecule is CC1(C(=O)O)CCN(C(=O)[C@@H](N)C(C)(C)C)C1. The van der Waals surface area contributed by atoms with E-state index in [2.05, 4.69) is 0 Å². The highest BCUT2D eigenvalue weighted by molar-refractivity contribution is 5.84. The van der Waals surface area contributed by atoms with Crippen LogP contribution in [0.15, 0.2) is 0 Å². The van der Waals surface area contributed by atoms with Gasteiger partial charge >= 0.3 is 5.97 Å². The molecule has 17 heavy (non-hydrogen) atoms. The molecule has 0 aromatic rings. The fraction of sp³-hybridized carbons (Fsp3) is 0.833. The van der Waals surface area contributed by atoms with Crippen LogP contribution in [0, 0.1) is 10.8 Å². The Kier molecular flexibility index (Phi) is 3.52. The minimum atomic E-state index is -0.850. The average molecular weight is 242 g/mol. The number of rotatable bonds is 2. The maximum atomic E-state index is 12.1. The number of carbonyl (C=O) groups excluding carboxylic acids is 1. The molecule has 0 aromatic heterocycles. The van der Waals surface area contributed by atoms with Crippen LogP contribution in [-0.4, -0.2) is 41.0 Å². The molecular formula is C12H22N2O3. The van der Waals surface area contributed by atoms with Crippen LogP contribution in [0.3, 0.4) is 0 Å². The van der Waals surface area contributed by atoms with E-state index < -0.39 is 17.4 Å². The highest BCUT2D eigenvalue weighted by atomic mass is 16.4. The number of carboxylic acid groups (broad SMARTS) is 1. The van der Waals surface area contributed by atoms with E-state index >= 15 is 0 Å². The van der Waals surface area contributed by atoms with E-state index in [0.717, 1.165) is 0 Å². The van der Waals surface area contributed by atoms with Gasteiger partial charge in [-0.25, -0.2) is 0 Å². The molecule has 1 rings (SSSR count). The lowest BCUT2D eigenvalue weighted by atomic mass is 9.86. The predicted octanol–water partition coefficient (Wildman–Crippen LogP) is 0.683. The van der Waals surface area contributed by atoms with Crippen molar-refractivity contribution in [3.05, 3.63) is 0 Å². The molecule has 1 fully saturated rings. The van der Waals surface area contributed by atoms with E-state index in [-0.39, 0.29) is 17.9 Å². The minimum Gasteiger partial charge on any atom is -0.481 e. The molecule has 3 N–H and O–H groups in total. The Morgan fingerprint density at radius 1 is 1.41 bits per heavy atom. The van der Waals surface area contributed by atoms with Gasteiger partial charge in [0.05, 0.1) is 11.5 Å². The number of hydrogen-bond donors (Lipinski definition) is 2. The monoisotopic (exact) mass is 242 g/mol. The van der Waals surface area contributed by atoms with Crippen LogP contribution in [0.25, 0.3) is 0 Å². The summed E-state index contributed by atoms with van der Waals surface area (Å²) in [6.07, 6.45) is 0.491. The number of amides is 1. The van der Waals surface area contributed by atoms with Crippen molar-refractivity contribution >= 4 is 11.9 Å². The average Bonchev–Trinajstić information content (AvgIpc) is 2.59. The van der Waals surface area contributed by atoms with Gasteiger partial charge in [-0.05, 0) is 18.8 Å². The number of carboxylic acids is 1. The second-order valence-electron chi connectivity index (χ2n) is 6.22. The molecule has 1 unspecified atom stereocenters. The van der Waals surface area contributed by atoms with Crippen molar-refractivity contribution in [2.24, 2.45) is 16.6 Å². The van der Waals surface area contributed by atoms with Crippen molar-refractivity contribution in [3.63, 3.8) is 0 Å². The Hall–Kier alpha value is -1.10. The maximum Gasteiger partial charge on any atom is 0.311 e. The maximum absolute atomic E-state index is 12.1. The number of carbonyl (C=O) groups is 2. The molecule has 0 radical (unpaired) electrons. The number of nitrogens with two attached hydrogens (primary N) is 1. The van der Waals surface area contributed by atoms with Gasteiger partial charge in [-0.2, -0.15) is 0 Å². The summed E-state index contributed by atoms with van der Waals surface area (Å²) in [4.78, 5) is 24.8. The highest BCUT2D eigenvalue weighted by Crippen LogP contribution is 2.31. The Balaban J connectivity index is 2.73. The van der Waals surface area contributed by atoms with E-state index in [9.17, 15) is 9.59 Å². The van der Waals surface area contributed by atoms with Gasteiger partial charge in [0, 0.05) is 13.1 Å². The van der Waals surface area contributed by atoms with E-state index in [0.29, 0.717) is 13.0 Å². The molecule has 5 nitrogen and oxygen atoms in total. The van der Waals surface area contributed by atoms with Crippen molar-refractivity contribution in [2.75, 3.05) is 13.1 Å². The van der Waals surface area contributed by atoms with Crippen LogP contribution in [0.5, 0.6) is 0 Å². The van der Waals surface area contributed by atoms with Crippen molar-refractivity contribution in [2.45, 2.75) is 40.2 Å². The summed E-state index contributed by atoms with van der Waals surface area (Å²) in [5.41, 5.74) is 4.77. The van der Waals surface area contributed by atoms with E-state index in [1.807, 2.05) is 20.8 Å². The second kappa shape index (κ2) is 4.29. The summed E-state index contributed by atoms with van der Waals surface area (Å²) in [6.45, 7) is 8.12. The van der Waals surface area contributed by atoms with Gasteiger partial charge in [-0.15, -0.1) is 0 Å². The van der Waals surface area contributed by atoms with Crippen molar-refractivity contribution < 1.29 is 14.7 Å². The molecule has 1 saturated heterocycles. The number of nitrogens with zero attached hydrogens (tertiary/aromatic N) is 1. The third-order valence-electron chi connectivity index (χ3n) is 3.50. The Morgan fingerprint density at radius 2 is 1.94 bits per heavy atom. The van der Waals surface area contributed by atoms with Crippen molar-refractivity contribution in [1.82, 2.24) is 4.90 Å². The first-order chi connectivity index (χ1) is 7.58. The molecule has 2 atom stereocenters. The first-order valence-electron chi connectivity index (χ1n) is 5.86. The van der Waals surface area contributed by atoms with Gasteiger partial charge in [0.2, 0.25) is 5.91 Å². The lowest BCUT2D eigenvalue weighted by molar-refractivity contribution is -0.147. The predicted molar refractivity (Wildman–Crippen MR) is 64.4 cm³/mol. The number of aliphatic carboxylic acids is 1. The summed E-state index contributed by atoms with van der Waals surface area (Å²) >= 11 is 0. The van der Waals surface area contributed by atoms with Gasteiger partial charge in [0.25, 0.3) is 0 Å². The summed E-state index contributed by atoms with van der Waals surface area (Å²) in [7, 11) is 0. The van der Waals surface area contributed by atoms with Crippen LogP contribution in [0.2, 0.25) is 0 Å². The van der Waals surface area contributed by atoms with Gasteiger partial charge in [0.1, 0.15) is 0 Å². The lowest BCUT2D eigenvalue weighted by Gasteiger charge is -2.30. The Labute approximate surface area is 102 Å².